The van der Waals surface area contributed by atoms with E-state index >= 15 is 0 Å². The van der Waals surface area contributed by atoms with Crippen molar-refractivity contribution in [2.24, 2.45) is 0 Å². The normalized spacial score (nSPS) is 13.7. The van der Waals surface area contributed by atoms with Crippen LogP contribution in [0.3, 0.4) is 0 Å². The molecule has 108 valence electrons. The van der Waals surface area contributed by atoms with Gasteiger partial charge in [-0.25, -0.2) is 9.78 Å². The molecule has 0 bridgehead atoms. The monoisotopic (exact) mass is 295 g/mol. The molecule has 0 aliphatic carbocycles. The van der Waals surface area contributed by atoms with Crippen LogP contribution in [0.5, 0.6) is 0 Å². The van der Waals surface area contributed by atoms with Gasteiger partial charge in [0.05, 0.1) is 17.2 Å². The summed E-state index contributed by atoms with van der Waals surface area (Å²) in [6, 6.07) is 0. The second kappa shape index (κ2) is 6.04. The zero-order chi connectivity index (χ0) is 14.7. The van der Waals surface area contributed by atoms with E-state index in [4.69, 9.17) is 4.74 Å². The first-order valence-corrected chi connectivity index (χ1v) is 7.24. The predicted octanol–water partition coefficient (Wildman–Crippen LogP) is 1.08. The molecule has 6 nitrogen and oxygen atoms in total. The van der Waals surface area contributed by atoms with Gasteiger partial charge in [0, 0.05) is 20.0 Å². The minimum absolute atomic E-state index is 0.0493. The number of thiazole rings is 1. The summed E-state index contributed by atoms with van der Waals surface area (Å²) < 4.78 is 5.09. The highest BCUT2D eigenvalue weighted by molar-refractivity contribution is 7.15. The number of ketones is 1. The number of rotatable bonds is 4. The van der Waals surface area contributed by atoms with Crippen LogP contribution in [0.25, 0.3) is 5.57 Å². The Labute approximate surface area is 121 Å². The van der Waals surface area contributed by atoms with Crippen LogP contribution < -0.4 is 10.6 Å². The maximum absolute atomic E-state index is 12.1. The first-order chi connectivity index (χ1) is 9.54. The minimum Gasteiger partial charge on any atom is -0.462 e. The van der Waals surface area contributed by atoms with E-state index in [1.165, 1.54) is 18.3 Å². The van der Waals surface area contributed by atoms with Crippen molar-refractivity contribution in [3.8, 4) is 0 Å². The van der Waals surface area contributed by atoms with Gasteiger partial charge in [0.2, 0.25) is 0 Å². The van der Waals surface area contributed by atoms with Gasteiger partial charge in [-0.1, -0.05) is 0 Å². The number of aryl methyl sites for hydroxylation is 1. The van der Waals surface area contributed by atoms with Crippen molar-refractivity contribution < 1.29 is 14.3 Å². The van der Waals surface area contributed by atoms with Crippen LogP contribution in [-0.4, -0.2) is 36.4 Å². The molecule has 1 aliphatic heterocycles. The van der Waals surface area contributed by atoms with Crippen LogP contribution in [-0.2, 0) is 9.53 Å². The summed E-state index contributed by atoms with van der Waals surface area (Å²) in [6.07, 6.45) is 0. The van der Waals surface area contributed by atoms with Gasteiger partial charge in [-0.05, 0) is 13.8 Å². The lowest BCUT2D eigenvalue weighted by molar-refractivity contribution is -0.136. The Morgan fingerprint density at radius 1 is 1.35 bits per heavy atom. The van der Waals surface area contributed by atoms with Crippen molar-refractivity contribution in [3.05, 3.63) is 21.4 Å². The molecule has 0 spiro atoms. The summed E-state index contributed by atoms with van der Waals surface area (Å²) in [4.78, 5) is 28.6. The molecule has 1 aromatic rings. The number of ether oxygens (including phenoxy) is 1. The van der Waals surface area contributed by atoms with E-state index in [-0.39, 0.29) is 5.78 Å². The Hall–Kier alpha value is -1.89. The Balaban J connectivity index is 2.47. The minimum atomic E-state index is -0.437. The molecule has 0 amide bonds. The molecule has 2 N–H and O–H groups in total. The molecule has 1 fully saturated rings. The number of carbonyl (C=O) groups excluding carboxylic acids is 2. The molecule has 0 unspecified atom stereocenters. The summed E-state index contributed by atoms with van der Waals surface area (Å²) >= 11 is 1.22. The van der Waals surface area contributed by atoms with Crippen LogP contribution in [0.15, 0.2) is 5.82 Å². The highest BCUT2D eigenvalue weighted by atomic mass is 32.1. The SMILES string of the molecule is CCOC(=O)C(=C1NCCN1)c1nc(C)c(C(C)=O)s1. The fourth-order valence-corrected chi connectivity index (χ4v) is 2.94. The molecule has 20 heavy (non-hydrogen) atoms. The van der Waals surface area contributed by atoms with E-state index in [9.17, 15) is 9.59 Å². The number of carbonyl (C=O) groups is 2. The van der Waals surface area contributed by atoms with Crippen molar-refractivity contribution in [1.82, 2.24) is 15.6 Å². The number of nitrogens with zero attached hydrogens (tertiary/aromatic N) is 1. The largest absolute Gasteiger partial charge is 0.462 e. The van der Waals surface area contributed by atoms with E-state index in [0.717, 1.165) is 13.1 Å². The van der Waals surface area contributed by atoms with Crippen LogP contribution in [0.4, 0.5) is 0 Å². The highest BCUT2D eigenvalue weighted by Crippen LogP contribution is 2.27. The summed E-state index contributed by atoms with van der Waals surface area (Å²) in [5, 5.41) is 6.71. The van der Waals surface area contributed by atoms with Gasteiger partial charge >= 0.3 is 5.97 Å². The van der Waals surface area contributed by atoms with E-state index < -0.39 is 5.97 Å². The lowest BCUT2D eigenvalue weighted by atomic mass is 10.2. The average Bonchev–Trinajstić information content (AvgIpc) is 3.00. The Bertz CT molecular complexity index is 569. The Morgan fingerprint density at radius 3 is 2.50 bits per heavy atom. The maximum Gasteiger partial charge on any atom is 0.344 e. The molecular weight excluding hydrogens is 278 g/mol. The third-order valence-corrected chi connectivity index (χ3v) is 4.06. The number of nitrogens with one attached hydrogen (secondary N) is 2. The molecular formula is C13H17N3O3S. The summed E-state index contributed by atoms with van der Waals surface area (Å²) in [5.74, 6) is 0.132. The fraction of sp³-hybridized carbons (Fsp3) is 0.462. The lowest BCUT2D eigenvalue weighted by Crippen LogP contribution is -2.19. The molecule has 0 radical (unpaired) electrons. The number of esters is 1. The molecule has 7 heteroatoms. The zero-order valence-corrected chi connectivity index (χ0v) is 12.5. The van der Waals surface area contributed by atoms with Gasteiger partial charge in [0.25, 0.3) is 0 Å². The zero-order valence-electron chi connectivity index (χ0n) is 11.7. The highest BCUT2D eigenvalue weighted by Gasteiger charge is 2.26. The quantitative estimate of drug-likeness (QED) is 0.491. The third-order valence-electron chi connectivity index (χ3n) is 2.79. The standard InChI is InChI=1S/C13H17N3O3S/c1-4-19-13(18)9(11-14-5-6-15-11)12-16-7(2)10(20-12)8(3)17/h14-15H,4-6H2,1-3H3. The molecule has 0 atom stereocenters. The second-order valence-corrected chi connectivity index (χ2v) is 5.31. The fourth-order valence-electron chi connectivity index (χ4n) is 1.94. The summed E-state index contributed by atoms with van der Waals surface area (Å²) in [6.45, 7) is 6.78. The van der Waals surface area contributed by atoms with Gasteiger partial charge < -0.3 is 15.4 Å². The Kier molecular flexibility index (Phi) is 4.39. The first-order valence-electron chi connectivity index (χ1n) is 6.42. The summed E-state index contributed by atoms with van der Waals surface area (Å²) in [5.41, 5.74) is 1.00. The first kappa shape index (κ1) is 14.5. The van der Waals surface area contributed by atoms with Crippen LogP contribution in [0.1, 0.15) is 34.2 Å². The molecule has 2 rings (SSSR count). The Morgan fingerprint density at radius 2 is 2.00 bits per heavy atom. The van der Waals surface area contributed by atoms with Crippen LogP contribution in [0.2, 0.25) is 0 Å². The molecule has 1 aliphatic rings. The van der Waals surface area contributed by atoms with Crippen molar-refractivity contribution in [2.75, 3.05) is 19.7 Å². The van der Waals surface area contributed by atoms with Gasteiger partial charge in [-0.15, -0.1) is 11.3 Å². The van der Waals surface area contributed by atoms with Crippen molar-refractivity contribution in [1.29, 1.82) is 0 Å². The molecule has 0 saturated carbocycles. The number of Topliss-reactive ketones (excluding diaryl/α,β-unsaturated/α-hetero) is 1. The van der Waals surface area contributed by atoms with E-state index in [0.29, 0.717) is 33.6 Å². The van der Waals surface area contributed by atoms with Crippen LogP contribution >= 0.6 is 11.3 Å². The lowest BCUT2D eigenvalue weighted by Gasteiger charge is -2.08. The van der Waals surface area contributed by atoms with E-state index in [1.54, 1.807) is 13.8 Å². The number of hydrogen-bond acceptors (Lipinski definition) is 7. The molecule has 1 saturated heterocycles. The van der Waals surface area contributed by atoms with E-state index in [1.807, 2.05) is 0 Å². The topological polar surface area (TPSA) is 80.3 Å². The van der Waals surface area contributed by atoms with E-state index in [2.05, 4.69) is 15.6 Å². The second-order valence-electron chi connectivity index (χ2n) is 4.31. The number of aromatic nitrogens is 1. The average molecular weight is 295 g/mol. The summed E-state index contributed by atoms with van der Waals surface area (Å²) in [7, 11) is 0. The predicted molar refractivity (Wildman–Crippen MR) is 76.4 cm³/mol. The maximum atomic E-state index is 12.1. The van der Waals surface area contributed by atoms with Crippen molar-refractivity contribution >= 4 is 28.7 Å². The van der Waals surface area contributed by atoms with Crippen molar-refractivity contribution in [3.63, 3.8) is 0 Å². The van der Waals surface area contributed by atoms with Gasteiger partial charge in [-0.2, -0.15) is 0 Å². The van der Waals surface area contributed by atoms with Crippen LogP contribution in [0, 0.1) is 6.92 Å². The van der Waals surface area contributed by atoms with Gasteiger partial charge in [0.1, 0.15) is 16.4 Å². The van der Waals surface area contributed by atoms with Crippen molar-refractivity contribution in [2.45, 2.75) is 20.8 Å². The number of hydrogen-bond donors (Lipinski definition) is 2. The molecule has 0 aromatic carbocycles. The van der Waals surface area contributed by atoms with Gasteiger partial charge in [0.15, 0.2) is 5.78 Å². The third kappa shape index (κ3) is 2.82. The smallest absolute Gasteiger partial charge is 0.344 e. The molecule has 2 heterocycles. The molecule has 1 aromatic heterocycles. The van der Waals surface area contributed by atoms with Gasteiger partial charge in [-0.3, -0.25) is 4.79 Å².